The number of hydrogen-bond acceptors (Lipinski definition) is 5. The van der Waals surface area contributed by atoms with Crippen LogP contribution in [0.5, 0.6) is 0 Å². The number of likely N-dealkylation sites (N-methyl/N-ethyl adjacent to an activating group) is 1. The van der Waals surface area contributed by atoms with Crippen LogP contribution in [0, 0.1) is 10.1 Å². The second kappa shape index (κ2) is 5.76. The zero-order valence-electron chi connectivity index (χ0n) is 11.6. The summed E-state index contributed by atoms with van der Waals surface area (Å²) < 4.78 is 0. The van der Waals surface area contributed by atoms with Crippen LogP contribution < -0.4 is 4.90 Å². The highest BCUT2D eigenvalue weighted by Gasteiger charge is 2.32. The molecule has 20 heavy (non-hydrogen) atoms. The van der Waals surface area contributed by atoms with E-state index in [0.29, 0.717) is 12.1 Å². The Hall–Kier alpha value is -1.66. The molecule has 6 heteroatoms. The van der Waals surface area contributed by atoms with Crippen molar-refractivity contribution in [3.8, 4) is 0 Å². The van der Waals surface area contributed by atoms with E-state index in [4.69, 9.17) is 0 Å². The molecule has 1 aliphatic carbocycles. The van der Waals surface area contributed by atoms with Gasteiger partial charge in [-0.05, 0) is 18.9 Å². The Kier molecular flexibility index (Phi) is 4.25. The number of anilines is 1. The van der Waals surface area contributed by atoms with Crippen LogP contribution in [0.2, 0.25) is 0 Å². The predicted octanol–water partition coefficient (Wildman–Crippen LogP) is 1.83. The van der Waals surface area contributed by atoms with Crippen molar-refractivity contribution in [2.45, 2.75) is 37.9 Å². The highest BCUT2D eigenvalue weighted by Crippen LogP contribution is 2.32. The van der Waals surface area contributed by atoms with Crippen molar-refractivity contribution >= 4 is 11.4 Å². The fourth-order valence-electron chi connectivity index (χ4n) is 2.90. The molecule has 0 unspecified atom stereocenters. The minimum atomic E-state index is -0.691. The van der Waals surface area contributed by atoms with Gasteiger partial charge in [0.25, 0.3) is 5.69 Å². The normalized spacial score (nSPS) is 17.1. The van der Waals surface area contributed by atoms with Crippen molar-refractivity contribution in [3.63, 3.8) is 0 Å². The molecule has 0 bridgehead atoms. The van der Waals surface area contributed by atoms with Crippen molar-refractivity contribution < 1.29 is 15.1 Å². The molecule has 1 fully saturated rings. The monoisotopic (exact) mass is 280 g/mol. The number of aliphatic hydroxyl groups is 2. The maximum Gasteiger partial charge on any atom is 0.269 e. The van der Waals surface area contributed by atoms with Crippen LogP contribution in [-0.2, 0) is 6.61 Å². The first-order valence-electron chi connectivity index (χ1n) is 6.77. The van der Waals surface area contributed by atoms with Crippen LogP contribution in [-0.4, -0.2) is 34.3 Å². The van der Waals surface area contributed by atoms with Crippen LogP contribution in [0.3, 0.4) is 0 Å². The number of nitro benzene ring substituents is 1. The number of aliphatic hydroxyl groups excluding tert-OH is 1. The lowest BCUT2D eigenvalue weighted by Crippen LogP contribution is -2.39. The first-order chi connectivity index (χ1) is 9.45. The molecule has 1 saturated carbocycles. The minimum Gasteiger partial charge on any atom is -0.392 e. The third-order valence-electron chi connectivity index (χ3n) is 3.92. The molecule has 0 aromatic heterocycles. The van der Waals surface area contributed by atoms with Crippen molar-refractivity contribution in [2.75, 3.05) is 18.5 Å². The number of nitro groups is 1. The summed E-state index contributed by atoms with van der Waals surface area (Å²) in [6.07, 6.45) is 3.60. The van der Waals surface area contributed by atoms with Crippen LogP contribution in [0.1, 0.15) is 31.2 Å². The molecule has 2 rings (SSSR count). The van der Waals surface area contributed by atoms with Gasteiger partial charge in [0.15, 0.2) is 0 Å². The molecule has 0 aliphatic heterocycles. The van der Waals surface area contributed by atoms with Gasteiger partial charge in [0.05, 0.1) is 17.1 Å². The lowest BCUT2D eigenvalue weighted by Gasteiger charge is -2.31. The first-order valence-corrected chi connectivity index (χ1v) is 6.77. The molecule has 6 nitrogen and oxygen atoms in total. The SMILES string of the molecule is CN(CC1(O)CCCC1)c1ccc([N+](=O)[O-])cc1CO. The average Bonchev–Trinajstić information content (AvgIpc) is 2.84. The molecule has 0 radical (unpaired) electrons. The molecule has 2 N–H and O–H groups in total. The van der Waals surface area contributed by atoms with Crippen molar-refractivity contribution in [1.29, 1.82) is 0 Å². The van der Waals surface area contributed by atoms with Crippen molar-refractivity contribution in [3.05, 3.63) is 33.9 Å². The lowest BCUT2D eigenvalue weighted by atomic mass is 10.0. The van der Waals surface area contributed by atoms with Crippen LogP contribution in [0.15, 0.2) is 18.2 Å². The van der Waals surface area contributed by atoms with Crippen LogP contribution in [0.4, 0.5) is 11.4 Å². The molecule has 1 aliphatic rings. The fraction of sp³-hybridized carbons (Fsp3) is 0.571. The highest BCUT2D eigenvalue weighted by atomic mass is 16.6. The predicted molar refractivity (Wildman–Crippen MR) is 75.7 cm³/mol. The fourth-order valence-corrected chi connectivity index (χ4v) is 2.90. The van der Waals surface area contributed by atoms with E-state index in [9.17, 15) is 20.3 Å². The van der Waals surface area contributed by atoms with E-state index in [-0.39, 0.29) is 12.3 Å². The van der Waals surface area contributed by atoms with Gasteiger partial charge in [-0.3, -0.25) is 10.1 Å². The van der Waals surface area contributed by atoms with Crippen molar-refractivity contribution in [2.24, 2.45) is 0 Å². The molecule has 1 aromatic carbocycles. The Balaban J connectivity index is 2.20. The molecule has 0 amide bonds. The van der Waals surface area contributed by atoms with E-state index < -0.39 is 10.5 Å². The van der Waals surface area contributed by atoms with E-state index in [0.717, 1.165) is 31.4 Å². The Labute approximate surface area is 117 Å². The summed E-state index contributed by atoms with van der Waals surface area (Å²) >= 11 is 0. The molecule has 1 aromatic rings. The van der Waals surface area contributed by atoms with E-state index in [1.54, 1.807) is 6.07 Å². The maximum absolute atomic E-state index is 10.8. The van der Waals surface area contributed by atoms with Gasteiger partial charge >= 0.3 is 0 Å². The second-order valence-electron chi connectivity index (χ2n) is 5.52. The zero-order chi connectivity index (χ0) is 14.8. The third kappa shape index (κ3) is 3.08. The summed E-state index contributed by atoms with van der Waals surface area (Å²) in [5.41, 5.74) is 0.496. The van der Waals surface area contributed by atoms with E-state index >= 15 is 0 Å². The summed E-state index contributed by atoms with van der Waals surface area (Å²) in [7, 11) is 1.83. The Morgan fingerprint density at radius 2 is 2.05 bits per heavy atom. The summed E-state index contributed by atoms with van der Waals surface area (Å²) in [5.74, 6) is 0. The lowest BCUT2D eigenvalue weighted by molar-refractivity contribution is -0.384. The Morgan fingerprint density at radius 3 is 2.60 bits per heavy atom. The number of rotatable bonds is 5. The topological polar surface area (TPSA) is 86.8 Å². The van der Waals surface area contributed by atoms with Gasteiger partial charge in [0.2, 0.25) is 0 Å². The van der Waals surface area contributed by atoms with Gasteiger partial charge in [0, 0.05) is 37.0 Å². The number of benzene rings is 1. The zero-order valence-corrected chi connectivity index (χ0v) is 11.6. The van der Waals surface area contributed by atoms with Crippen LogP contribution in [0.25, 0.3) is 0 Å². The minimum absolute atomic E-state index is 0.0363. The smallest absolute Gasteiger partial charge is 0.269 e. The number of non-ortho nitro benzene ring substituents is 1. The van der Waals surface area contributed by atoms with E-state index in [2.05, 4.69) is 0 Å². The number of hydrogen-bond donors (Lipinski definition) is 2. The summed E-state index contributed by atoms with van der Waals surface area (Å²) in [6.45, 7) is 0.206. The second-order valence-corrected chi connectivity index (χ2v) is 5.52. The quantitative estimate of drug-likeness (QED) is 0.634. The van der Waals surface area contributed by atoms with Gasteiger partial charge in [-0.1, -0.05) is 12.8 Å². The summed E-state index contributed by atoms with van der Waals surface area (Å²) in [5, 5.41) is 30.6. The molecule has 0 spiro atoms. The molecule has 0 heterocycles. The highest BCUT2D eigenvalue weighted by molar-refractivity contribution is 5.57. The van der Waals surface area contributed by atoms with E-state index in [1.807, 2.05) is 11.9 Å². The van der Waals surface area contributed by atoms with Gasteiger partial charge in [-0.2, -0.15) is 0 Å². The molecule has 110 valence electrons. The van der Waals surface area contributed by atoms with Gasteiger partial charge in [-0.25, -0.2) is 0 Å². The Bertz CT molecular complexity index is 498. The summed E-state index contributed by atoms with van der Waals surface area (Å²) in [6, 6.07) is 4.43. The van der Waals surface area contributed by atoms with Gasteiger partial charge in [-0.15, -0.1) is 0 Å². The van der Waals surface area contributed by atoms with Crippen LogP contribution >= 0.6 is 0 Å². The number of nitrogens with zero attached hydrogens (tertiary/aromatic N) is 2. The van der Waals surface area contributed by atoms with Crippen molar-refractivity contribution in [1.82, 2.24) is 0 Å². The first kappa shape index (κ1) is 14.7. The standard InChI is InChI=1S/C14H20N2O4/c1-15(10-14(18)6-2-3-7-14)13-5-4-12(16(19)20)8-11(13)9-17/h4-5,8,17-18H,2-3,6-7,9-10H2,1H3. The van der Waals surface area contributed by atoms with Gasteiger partial charge in [0.1, 0.15) is 0 Å². The van der Waals surface area contributed by atoms with E-state index in [1.165, 1.54) is 12.1 Å². The molecular formula is C14H20N2O4. The Morgan fingerprint density at radius 1 is 1.40 bits per heavy atom. The van der Waals surface area contributed by atoms with Gasteiger partial charge < -0.3 is 15.1 Å². The molecule has 0 atom stereocenters. The largest absolute Gasteiger partial charge is 0.392 e. The summed E-state index contributed by atoms with van der Waals surface area (Å²) in [4.78, 5) is 12.1. The third-order valence-corrected chi connectivity index (χ3v) is 3.92. The maximum atomic E-state index is 10.8. The molecule has 0 saturated heterocycles. The average molecular weight is 280 g/mol. The molecular weight excluding hydrogens is 260 g/mol.